The number of aromatic nitrogens is 2. The second kappa shape index (κ2) is 5.20. The number of hydrogen-bond acceptors (Lipinski definition) is 1. The van der Waals surface area contributed by atoms with Crippen molar-refractivity contribution in [2.75, 3.05) is 0 Å². The molecule has 1 unspecified atom stereocenters. The number of alkyl halides is 3. The molecule has 0 aliphatic carbocycles. The maximum absolute atomic E-state index is 13.0. The molecule has 2 aromatic rings. The van der Waals surface area contributed by atoms with Crippen LogP contribution in [0.25, 0.3) is 0 Å². The molecule has 1 aromatic carbocycles. The molecule has 0 spiro atoms. The average molecular weight is 294 g/mol. The highest BCUT2D eigenvalue weighted by molar-refractivity contribution is 5.33. The highest BCUT2D eigenvalue weighted by atomic mass is 19.4. The molecule has 0 radical (unpaired) electrons. The Labute approximate surface area is 121 Å². The van der Waals surface area contributed by atoms with Crippen molar-refractivity contribution in [3.63, 3.8) is 0 Å². The van der Waals surface area contributed by atoms with Gasteiger partial charge in [-0.2, -0.15) is 13.2 Å². The van der Waals surface area contributed by atoms with Crippen molar-refractivity contribution in [2.24, 2.45) is 0 Å². The van der Waals surface area contributed by atoms with Crippen LogP contribution in [0.5, 0.6) is 0 Å². The third-order valence-corrected chi connectivity index (χ3v) is 4.05. The average Bonchev–Trinajstić information content (AvgIpc) is 2.82. The van der Waals surface area contributed by atoms with Gasteiger partial charge in [-0.3, -0.25) is 0 Å². The standard InChI is InChI=1S/C16H17F3N2/c1-11-5-4-8-15-20-13(10-21(11)15)9-12-6-2-3-7-14(12)16(17,18)19/h2-3,6-7,10-11H,4-5,8-9H2,1H3. The minimum atomic E-state index is -4.32. The molecule has 2 nitrogen and oxygen atoms in total. The van der Waals surface area contributed by atoms with Crippen molar-refractivity contribution in [1.29, 1.82) is 0 Å². The highest BCUT2D eigenvalue weighted by Gasteiger charge is 2.33. The number of rotatable bonds is 2. The smallest absolute Gasteiger partial charge is 0.332 e. The summed E-state index contributed by atoms with van der Waals surface area (Å²) in [6.45, 7) is 2.12. The summed E-state index contributed by atoms with van der Waals surface area (Å²) in [5.41, 5.74) is 0.438. The van der Waals surface area contributed by atoms with Gasteiger partial charge < -0.3 is 4.57 Å². The summed E-state index contributed by atoms with van der Waals surface area (Å²) < 4.78 is 41.1. The van der Waals surface area contributed by atoms with E-state index in [0.29, 0.717) is 6.04 Å². The second-order valence-electron chi connectivity index (χ2n) is 5.63. The first-order chi connectivity index (χ1) is 9.95. The van der Waals surface area contributed by atoms with Gasteiger partial charge in [-0.1, -0.05) is 18.2 Å². The number of halogens is 3. The van der Waals surface area contributed by atoms with Crippen LogP contribution >= 0.6 is 0 Å². The van der Waals surface area contributed by atoms with Crippen molar-refractivity contribution in [3.05, 3.63) is 53.1 Å². The number of fused-ring (bicyclic) bond motifs is 1. The summed E-state index contributed by atoms with van der Waals surface area (Å²) in [6.07, 6.45) is 0.919. The first kappa shape index (κ1) is 14.2. The van der Waals surface area contributed by atoms with E-state index in [2.05, 4.69) is 16.5 Å². The summed E-state index contributed by atoms with van der Waals surface area (Å²) in [5, 5.41) is 0. The Morgan fingerprint density at radius 1 is 1.29 bits per heavy atom. The molecule has 0 N–H and O–H groups in total. The maximum atomic E-state index is 13.0. The van der Waals surface area contributed by atoms with Gasteiger partial charge in [-0.25, -0.2) is 4.98 Å². The highest BCUT2D eigenvalue weighted by Crippen LogP contribution is 2.33. The van der Waals surface area contributed by atoms with Gasteiger partial charge in [0.15, 0.2) is 0 Å². The summed E-state index contributed by atoms with van der Waals surface area (Å²) in [7, 11) is 0. The SMILES string of the molecule is CC1CCCc2nc(Cc3ccccc3C(F)(F)F)cn21. The number of imidazole rings is 1. The van der Waals surface area contributed by atoms with Crippen molar-refractivity contribution in [3.8, 4) is 0 Å². The van der Waals surface area contributed by atoms with Crippen LogP contribution in [-0.4, -0.2) is 9.55 Å². The largest absolute Gasteiger partial charge is 0.416 e. The molecule has 0 saturated heterocycles. The van der Waals surface area contributed by atoms with Crippen LogP contribution in [0.15, 0.2) is 30.5 Å². The fourth-order valence-electron chi connectivity index (χ4n) is 2.98. The van der Waals surface area contributed by atoms with Gasteiger partial charge in [0.05, 0.1) is 11.3 Å². The number of benzene rings is 1. The third-order valence-electron chi connectivity index (χ3n) is 4.05. The Hall–Kier alpha value is -1.78. The lowest BCUT2D eigenvalue weighted by Crippen LogP contribution is -2.14. The Kier molecular flexibility index (Phi) is 3.51. The minimum absolute atomic E-state index is 0.225. The van der Waals surface area contributed by atoms with Crippen LogP contribution in [0.1, 0.15) is 48.5 Å². The first-order valence-corrected chi connectivity index (χ1v) is 7.17. The van der Waals surface area contributed by atoms with Crippen molar-refractivity contribution < 1.29 is 13.2 Å². The molecule has 0 fully saturated rings. The van der Waals surface area contributed by atoms with E-state index in [0.717, 1.165) is 36.8 Å². The number of nitrogens with zero attached hydrogens (tertiary/aromatic N) is 2. The predicted octanol–water partition coefficient (Wildman–Crippen LogP) is 4.39. The van der Waals surface area contributed by atoms with Crippen LogP contribution in [-0.2, 0) is 19.0 Å². The zero-order valence-electron chi connectivity index (χ0n) is 11.8. The second-order valence-corrected chi connectivity index (χ2v) is 5.63. The molecule has 1 aromatic heterocycles. The molecular formula is C16H17F3N2. The van der Waals surface area contributed by atoms with E-state index in [1.54, 1.807) is 6.07 Å². The molecule has 1 atom stereocenters. The van der Waals surface area contributed by atoms with Crippen LogP contribution in [0.3, 0.4) is 0 Å². The Balaban J connectivity index is 1.91. The van der Waals surface area contributed by atoms with Gasteiger partial charge >= 0.3 is 6.18 Å². The van der Waals surface area contributed by atoms with Gasteiger partial charge in [0.2, 0.25) is 0 Å². The van der Waals surface area contributed by atoms with Crippen molar-refractivity contribution in [1.82, 2.24) is 9.55 Å². The van der Waals surface area contributed by atoms with Crippen molar-refractivity contribution in [2.45, 2.75) is 44.8 Å². The number of aryl methyl sites for hydroxylation is 1. The van der Waals surface area contributed by atoms with E-state index in [1.807, 2.05) is 6.20 Å². The molecule has 3 rings (SSSR count). The topological polar surface area (TPSA) is 17.8 Å². The molecule has 0 amide bonds. The Morgan fingerprint density at radius 3 is 2.76 bits per heavy atom. The third kappa shape index (κ3) is 2.82. The van der Waals surface area contributed by atoms with Crippen LogP contribution in [0.2, 0.25) is 0 Å². The van der Waals surface area contributed by atoms with E-state index >= 15 is 0 Å². The maximum Gasteiger partial charge on any atom is 0.416 e. The fourth-order valence-corrected chi connectivity index (χ4v) is 2.98. The zero-order valence-corrected chi connectivity index (χ0v) is 11.8. The molecule has 5 heteroatoms. The zero-order chi connectivity index (χ0) is 15.0. The predicted molar refractivity (Wildman–Crippen MR) is 74.1 cm³/mol. The van der Waals surface area contributed by atoms with Gasteiger partial charge in [-0.05, 0) is 31.4 Å². The summed E-state index contributed by atoms with van der Waals surface area (Å²) >= 11 is 0. The molecule has 1 aliphatic heterocycles. The van der Waals surface area contributed by atoms with Crippen LogP contribution < -0.4 is 0 Å². The lowest BCUT2D eigenvalue weighted by atomic mass is 10.0. The van der Waals surface area contributed by atoms with Gasteiger partial charge in [0, 0.05) is 25.1 Å². The van der Waals surface area contributed by atoms with Crippen LogP contribution in [0.4, 0.5) is 13.2 Å². The Bertz CT molecular complexity index is 643. The number of hydrogen-bond donors (Lipinski definition) is 0. The quantitative estimate of drug-likeness (QED) is 0.803. The Morgan fingerprint density at radius 2 is 2.05 bits per heavy atom. The molecule has 0 bridgehead atoms. The van der Waals surface area contributed by atoms with E-state index in [9.17, 15) is 13.2 Å². The summed E-state index contributed by atoms with van der Waals surface area (Å²) in [5.74, 6) is 0.994. The molecule has 2 heterocycles. The minimum Gasteiger partial charge on any atom is -0.332 e. The lowest BCUT2D eigenvalue weighted by molar-refractivity contribution is -0.138. The molecule has 112 valence electrons. The van der Waals surface area contributed by atoms with Gasteiger partial charge in [0.1, 0.15) is 5.82 Å². The molecule has 0 saturated carbocycles. The fraction of sp³-hybridized carbons (Fsp3) is 0.438. The molecule has 21 heavy (non-hydrogen) atoms. The monoisotopic (exact) mass is 294 g/mol. The molecular weight excluding hydrogens is 277 g/mol. The van der Waals surface area contributed by atoms with Crippen molar-refractivity contribution >= 4 is 0 Å². The lowest BCUT2D eigenvalue weighted by Gasteiger charge is -2.20. The first-order valence-electron chi connectivity index (χ1n) is 7.17. The van der Waals surface area contributed by atoms with E-state index in [4.69, 9.17) is 0 Å². The van der Waals surface area contributed by atoms with Crippen LogP contribution in [0, 0.1) is 0 Å². The van der Waals surface area contributed by atoms with Gasteiger partial charge in [0.25, 0.3) is 0 Å². The molecule has 1 aliphatic rings. The van der Waals surface area contributed by atoms with Gasteiger partial charge in [-0.15, -0.1) is 0 Å². The van der Waals surface area contributed by atoms with E-state index < -0.39 is 11.7 Å². The summed E-state index contributed by atoms with van der Waals surface area (Å²) in [6, 6.07) is 6.11. The van der Waals surface area contributed by atoms with E-state index in [1.165, 1.54) is 12.1 Å². The normalized spacial score (nSPS) is 18.6. The summed E-state index contributed by atoms with van der Waals surface area (Å²) in [4.78, 5) is 4.52. The van der Waals surface area contributed by atoms with E-state index in [-0.39, 0.29) is 12.0 Å².